The van der Waals surface area contributed by atoms with E-state index < -0.39 is 5.82 Å². The Balaban J connectivity index is 1.80. The summed E-state index contributed by atoms with van der Waals surface area (Å²) in [7, 11) is 1.55. The SMILES string of the molecule is COc1cc(Cc2cc[nH]c2)c(Cl)cc1OCc1ccc(Cl)cc1F. The molecule has 0 fully saturated rings. The van der Waals surface area contributed by atoms with Crippen LogP contribution in [0.2, 0.25) is 10.0 Å². The number of rotatable bonds is 6. The van der Waals surface area contributed by atoms with Crippen molar-refractivity contribution < 1.29 is 13.9 Å². The number of benzene rings is 2. The Hall–Kier alpha value is -2.17. The van der Waals surface area contributed by atoms with Gasteiger partial charge in [-0.3, -0.25) is 0 Å². The zero-order valence-corrected chi connectivity index (χ0v) is 15.0. The van der Waals surface area contributed by atoms with E-state index in [4.69, 9.17) is 32.7 Å². The Morgan fingerprint density at radius 3 is 2.56 bits per heavy atom. The fourth-order valence-electron chi connectivity index (χ4n) is 2.47. The molecule has 0 bridgehead atoms. The summed E-state index contributed by atoms with van der Waals surface area (Å²) in [6, 6.07) is 9.97. The Bertz CT molecular complexity index is 866. The second-order valence-electron chi connectivity index (χ2n) is 5.51. The highest BCUT2D eigenvalue weighted by molar-refractivity contribution is 6.31. The van der Waals surface area contributed by atoms with Crippen LogP contribution in [0.25, 0.3) is 0 Å². The largest absolute Gasteiger partial charge is 0.493 e. The number of ether oxygens (including phenoxy) is 2. The van der Waals surface area contributed by atoms with Crippen LogP contribution in [0.4, 0.5) is 4.39 Å². The lowest BCUT2D eigenvalue weighted by atomic mass is 10.1. The van der Waals surface area contributed by atoms with Crippen LogP contribution in [0.5, 0.6) is 11.5 Å². The molecule has 0 amide bonds. The molecule has 0 aliphatic carbocycles. The maximum atomic E-state index is 13.9. The first-order valence-electron chi connectivity index (χ1n) is 7.61. The van der Waals surface area contributed by atoms with E-state index >= 15 is 0 Å². The summed E-state index contributed by atoms with van der Waals surface area (Å²) in [5, 5.41) is 0.907. The second-order valence-corrected chi connectivity index (χ2v) is 6.36. The molecule has 0 unspecified atom stereocenters. The van der Waals surface area contributed by atoms with Crippen LogP contribution in [0.1, 0.15) is 16.7 Å². The van der Waals surface area contributed by atoms with E-state index in [1.165, 1.54) is 6.07 Å². The molecule has 130 valence electrons. The summed E-state index contributed by atoms with van der Waals surface area (Å²) < 4.78 is 25.0. The average molecular weight is 380 g/mol. The van der Waals surface area contributed by atoms with Crippen molar-refractivity contribution in [2.45, 2.75) is 13.0 Å². The van der Waals surface area contributed by atoms with Crippen LogP contribution in [0.15, 0.2) is 48.8 Å². The van der Waals surface area contributed by atoms with Crippen molar-refractivity contribution in [1.29, 1.82) is 0 Å². The lowest BCUT2D eigenvalue weighted by Gasteiger charge is -2.14. The summed E-state index contributed by atoms with van der Waals surface area (Å²) >= 11 is 12.1. The van der Waals surface area contributed by atoms with Gasteiger partial charge in [0.2, 0.25) is 0 Å². The third-order valence-corrected chi connectivity index (χ3v) is 4.37. The zero-order valence-electron chi connectivity index (χ0n) is 13.5. The Labute approximate surface area is 155 Å². The first-order valence-corrected chi connectivity index (χ1v) is 8.37. The quantitative estimate of drug-likeness (QED) is 0.601. The van der Waals surface area contributed by atoms with E-state index in [1.807, 2.05) is 24.5 Å². The summed E-state index contributed by atoms with van der Waals surface area (Å²) in [6.45, 7) is 0.0485. The standard InChI is InChI=1S/C19H16Cl2FNO2/c1-24-18-7-14(6-12-4-5-23-10-12)16(21)9-19(18)25-11-13-2-3-15(20)8-17(13)22/h2-5,7-10,23H,6,11H2,1H3. The van der Waals surface area contributed by atoms with Gasteiger partial charge in [-0.2, -0.15) is 0 Å². The topological polar surface area (TPSA) is 34.2 Å². The molecule has 25 heavy (non-hydrogen) atoms. The minimum Gasteiger partial charge on any atom is -0.493 e. The molecule has 3 aromatic rings. The molecule has 0 aliphatic heterocycles. The van der Waals surface area contributed by atoms with Gasteiger partial charge in [0.05, 0.1) is 7.11 Å². The summed E-state index contributed by atoms with van der Waals surface area (Å²) in [6.07, 6.45) is 4.44. The number of halogens is 3. The first-order chi connectivity index (χ1) is 12.1. The Morgan fingerprint density at radius 2 is 1.88 bits per heavy atom. The van der Waals surface area contributed by atoms with Crippen molar-refractivity contribution in [2.75, 3.05) is 7.11 Å². The van der Waals surface area contributed by atoms with Crippen molar-refractivity contribution >= 4 is 23.2 Å². The lowest BCUT2D eigenvalue weighted by molar-refractivity contribution is 0.279. The second kappa shape index (κ2) is 7.81. The van der Waals surface area contributed by atoms with Gasteiger partial charge >= 0.3 is 0 Å². The molecular formula is C19H16Cl2FNO2. The first kappa shape index (κ1) is 17.6. The molecular weight excluding hydrogens is 364 g/mol. The molecule has 1 N–H and O–H groups in total. The van der Waals surface area contributed by atoms with E-state index in [2.05, 4.69) is 4.98 Å². The van der Waals surface area contributed by atoms with E-state index in [1.54, 1.807) is 25.3 Å². The van der Waals surface area contributed by atoms with E-state index in [-0.39, 0.29) is 6.61 Å². The van der Waals surface area contributed by atoms with Crippen molar-refractivity contribution in [3.63, 3.8) is 0 Å². The summed E-state index contributed by atoms with van der Waals surface area (Å²) in [5.74, 6) is 0.589. The third-order valence-electron chi connectivity index (χ3n) is 3.79. The Kier molecular flexibility index (Phi) is 5.51. The van der Waals surface area contributed by atoms with Crippen molar-refractivity contribution in [3.05, 3.63) is 81.3 Å². The van der Waals surface area contributed by atoms with Crippen LogP contribution in [0, 0.1) is 5.82 Å². The fraction of sp³-hybridized carbons (Fsp3) is 0.158. The van der Waals surface area contributed by atoms with Crippen LogP contribution in [-0.2, 0) is 13.0 Å². The normalized spacial score (nSPS) is 10.7. The van der Waals surface area contributed by atoms with Crippen molar-refractivity contribution in [1.82, 2.24) is 4.98 Å². The van der Waals surface area contributed by atoms with Gasteiger partial charge in [-0.05, 0) is 35.4 Å². The third kappa shape index (κ3) is 4.27. The molecule has 0 saturated carbocycles. The summed E-state index contributed by atoms with van der Waals surface area (Å²) in [5.41, 5.74) is 2.43. The molecule has 0 saturated heterocycles. The molecule has 1 heterocycles. The maximum absolute atomic E-state index is 13.9. The number of H-pyrrole nitrogens is 1. The van der Waals surface area contributed by atoms with Crippen molar-refractivity contribution in [2.24, 2.45) is 0 Å². The molecule has 0 aliphatic rings. The van der Waals surface area contributed by atoms with Gasteiger partial charge in [0.15, 0.2) is 11.5 Å². The molecule has 0 radical (unpaired) electrons. The Morgan fingerprint density at radius 1 is 1.04 bits per heavy atom. The minimum atomic E-state index is -0.415. The molecule has 2 aromatic carbocycles. The number of aromatic amines is 1. The number of nitrogens with one attached hydrogen (secondary N) is 1. The zero-order chi connectivity index (χ0) is 17.8. The predicted octanol–water partition coefficient (Wildman–Crippen LogP) is 5.64. The van der Waals surface area contributed by atoms with E-state index in [0.29, 0.717) is 33.5 Å². The van der Waals surface area contributed by atoms with Gasteiger partial charge in [-0.25, -0.2) is 4.39 Å². The predicted molar refractivity (Wildman–Crippen MR) is 97.3 cm³/mol. The lowest BCUT2D eigenvalue weighted by Crippen LogP contribution is -2.01. The van der Waals surface area contributed by atoms with Gasteiger partial charge in [0.25, 0.3) is 0 Å². The minimum absolute atomic E-state index is 0.0485. The van der Waals surface area contributed by atoms with Gasteiger partial charge in [-0.15, -0.1) is 0 Å². The molecule has 1 aromatic heterocycles. The molecule has 0 spiro atoms. The smallest absolute Gasteiger partial charge is 0.163 e. The number of methoxy groups -OCH3 is 1. The highest BCUT2D eigenvalue weighted by atomic mass is 35.5. The molecule has 0 atom stereocenters. The highest BCUT2D eigenvalue weighted by Gasteiger charge is 2.13. The van der Waals surface area contributed by atoms with Gasteiger partial charge in [0.1, 0.15) is 12.4 Å². The van der Waals surface area contributed by atoms with Crippen LogP contribution in [-0.4, -0.2) is 12.1 Å². The fourth-order valence-corrected chi connectivity index (χ4v) is 2.85. The van der Waals surface area contributed by atoms with Crippen LogP contribution < -0.4 is 9.47 Å². The van der Waals surface area contributed by atoms with Crippen LogP contribution in [0.3, 0.4) is 0 Å². The summed E-state index contributed by atoms with van der Waals surface area (Å²) in [4.78, 5) is 3.01. The molecule has 6 heteroatoms. The van der Waals surface area contributed by atoms with E-state index in [0.717, 1.165) is 11.1 Å². The van der Waals surface area contributed by atoms with Gasteiger partial charge < -0.3 is 14.5 Å². The highest BCUT2D eigenvalue weighted by Crippen LogP contribution is 2.35. The molecule has 3 nitrogen and oxygen atoms in total. The maximum Gasteiger partial charge on any atom is 0.163 e. The van der Waals surface area contributed by atoms with Crippen molar-refractivity contribution in [3.8, 4) is 11.5 Å². The van der Waals surface area contributed by atoms with Gasteiger partial charge in [-0.1, -0.05) is 29.3 Å². The van der Waals surface area contributed by atoms with Crippen LogP contribution >= 0.6 is 23.2 Å². The van der Waals surface area contributed by atoms with Gasteiger partial charge in [0, 0.05) is 40.5 Å². The van der Waals surface area contributed by atoms with E-state index in [9.17, 15) is 4.39 Å². The number of aromatic nitrogens is 1. The number of hydrogen-bond acceptors (Lipinski definition) is 2. The monoisotopic (exact) mass is 379 g/mol. The average Bonchev–Trinajstić information content (AvgIpc) is 3.09. The molecule has 3 rings (SSSR count). The number of hydrogen-bond donors (Lipinski definition) is 1.